The highest BCUT2D eigenvalue weighted by Crippen LogP contribution is 2.46. The Kier molecular flexibility index (Phi) is 5.64. The largest absolute Gasteiger partial charge is 0.385 e. The van der Waals surface area contributed by atoms with Crippen LogP contribution in [0.1, 0.15) is 67.5 Å². The maximum absolute atomic E-state index is 14.3. The molecule has 1 fully saturated rings. The number of benzene rings is 1. The maximum Gasteiger partial charge on any atom is 0.333 e. The number of halogens is 1. The number of carbonyl (C=O) groups is 1. The second-order valence-corrected chi connectivity index (χ2v) is 11.9. The highest BCUT2D eigenvalue weighted by Gasteiger charge is 2.33. The van der Waals surface area contributed by atoms with Gasteiger partial charge >= 0.3 is 6.03 Å². The molecule has 0 saturated heterocycles. The molecule has 0 bridgehead atoms. The predicted octanol–water partition coefficient (Wildman–Crippen LogP) is 4.63. The number of urea groups is 1. The van der Waals surface area contributed by atoms with E-state index in [-0.39, 0.29) is 10.8 Å². The Morgan fingerprint density at radius 1 is 1.29 bits per heavy atom. The molecule has 1 atom stereocenters. The van der Waals surface area contributed by atoms with Gasteiger partial charge in [0.2, 0.25) is 0 Å². The van der Waals surface area contributed by atoms with E-state index in [0.29, 0.717) is 22.9 Å². The van der Waals surface area contributed by atoms with E-state index in [1.54, 1.807) is 0 Å². The van der Waals surface area contributed by atoms with Crippen molar-refractivity contribution in [3.05, 3.63) is 45.6 Å². The third-order valence-electron chi connectivity index (χ3n) is 6.10. The topological polar surface area (TPSA) is 95.5 Å². The molecule has 1 aromatic heterocycles. The molecule has 0 radical (unpaired) electrons. The van der Waals surface area contributed by atoms with Gasteiger partial charge in [0.05, 0.1) is 5.60 Å². The van der Waals surface area contributed by atoms with Crippen LogP contribution in [-0.4, -0.2) is 19.6 Å². The number of amides is 2. The van der Waals surface area contributed by atoms with Gasteiger partial charge in [-0.05, 0) is 80.5 Å². The summed E-state index contributed by atoms with van der Waals surface area (Å²) in [5.41, 5.74) is 2.54. The highest BCUT2D eigenvalue weighted by molar-refractivity contribution is 7.92. The minimum atomic E-state index is -4.43. The maximum atomic E-state index is 14.3. The van der Waals surface area contributed by atoms with Crippen LogP contribution < -0.4 is 10.0 Å². The zero-order chi connectivity index (χ0) is 22.6. The number of aliphatic hydroxyl groups is 1. The van der Waals surface area contributed by atoms with Crippen molar-refractivity contribution in [3.63, 3.8) is 0 Å². The number of rotatable bonds is 6. The number of fused-ring (bicyclic) bond motifs is 1. The number of carbonyl (C=O) groups excluding carboxylic acids is 1. The quantitative estimate of drug-likeness (QED) is 0.579. The van der Waals surface area contributed by atoms with Gasteiger partial charge in [-0.3, -0.25) is 0 Å². The third-order valence-corrected chi connectivity index (χ3v) is 9.37. The Labute approximate surface area is 185 Å². The van der Waals surface area contributed by atoms with Gasteiger partial charge in [-0.2, -0.15) is 0 Å². The average molecular weight is 467 g/mol. The summed E-state index contributed by atoms with van der Waals surface area (Å²) in [6.07, 6.45) is 5.06. The van der Waals surface area contributed by atoms with E-state index in [9.17, 15) is 22.7 Å². The van der Waals surface area contributed by atoms with Gasteiger partial charge < -0.3 is 10.4 Å². The van der Waals surface area contributed by atoms with E-state index in [2.05, 4.69) is 18.3 Å². The van der Waals surface area contributed by atoms with Crippen LogP contribution in [0.2, 0.25) is 0 Å². The Hall–Kier alpha value is -1.97. The lowest BCUT2D eigenvalue weighted by Gasteiger charge is -2.20. The molecule has 2 aliphatic carbocycles. The fraction of sp³-hybridized carbons (Fsp3) is 0.500. The minimum absolute atomic E-state index is 0.159. The molecule has 3 N–H and O–H groups in total. The summed E-state index contributed by atoms with van der Waals surface area (Å²) >= 11 is 0.607. The molecular weight excluding hydrogens is 439 g/mol. The number of anilines is 1. The average Bonchev–Trinajstić information content (AvgIpc) is 3.24. The molecule has 1 aromatic carbocycles. The molecular formula is C22H27FN2O4S2. The molecule has 9 heteroatoms. The summed E-state index contributed by atoms with van der Waals surface area (Å²) in [6, 6.07) is 4.21. The molecule has 6 nitrogen and oxygen atoms in total. The van der Waals surface area contributed by atoms with Gasteiger partial charge in [0, 0.05) is 10.6 Å². The number of thiophene rings is 1. The van der Waals surface area contributed by atoms with Crippen molar-refractivity contribution in [3.8, 4) is 0 Å². The molecule has 31 heavy (non-hydrogen) atoms. The van der Waals surface area contributed by atoms with E-state index in [4.69, 9.17) is 0 Å². The fourth-order valence-electron chi connectivity index (χ4n) is 4.21. The van der Waals surface area contributed by atoms with Crippen LogP contribution in [0.5, 0.6) is 0 Å². The third kappa shape index (κ3) is 4.49. The monoisotopic (exact) mass is 466 g/mol. The van der Waals surface area contributed by atoms with Crippen molar-refractivity contribution in [1.29, 1.82) is 0 Å². The number of nitrogens with one attached hydrogen (secondary N) is 2. The number of sulfonamides is 1. The zero-order valence-corrected chi connectivity index (χ0v) is 19.4. The summed E-state index contributed by atoms with van der Waals surface area (Å²) in [5.74, 6) is -0.153. The predicted molar refractivity (Wildman–Crippen MR) is 118 cm³/mol. The second kappa shape index (κ2) is 7.86. The van der Waals surface area contributed by atoms with E-state index in [1.807, 2.05) is 10.8 Å². The van der Waals surface area contributed by atoms with Crippen molar-refractivity contribution in [2.24, 2.45) is 5.92 Å². The molecule has 168 valence electrons. The first kappa shape index (κ1) is 22.2. The summed E-state index contributed by atoms with van der Waals surface area (Å²) in [5, 5.41) is 12.8. The molecule has 1 heterocycles. The fourth-order valence-corrected chi connectivity index (χ4v) is 6.51. The molecule has 1 saturated carbocycles. The van der Waals surface area contributed by atoms with Crippen LogP contribution in [0.25, 0.3) is 0 Å². The Bertz CT molecular complexity index is 1130. The van der Waals surface area contributed by atoms with E-state index < -0.39 is 31.7 Å². The molecule has 0 aliphatic heterocycles. The van der Waals surface area contributed by atoms with E-state index >= 15 is 0 Å². The molecule has 4 rings (SSSR count). The van der Waals surface area contributed by atoms with Gasteiger partial charge in [0.15, 0.2) is 10.0 Å². The first-order valence-electron chi connectivity index (χ1n) is 10.5. The van der Waals surface area contributed by atoms with Crippen molar-refractivity contribution < 1.29 is 22.7 Å². The lowest BCUT2D eigenvalue weighted by Crippen LogP contribution is -2.35. The Morgan fingerprint density at radius 2 is 2.00 bits per heavy atom. The van der Waals surface area contributed by atoms with Crippen molar-refractivity contribution >= 4 is 33.1 Å². The summed E-state index contributed by atoms with van der Waals surface area (Å²) in [4.78, 5) is 12.9. The van der Waals surface area contributed by atoms with Crippen LogP contribution >= 0.6 is 11.3 Å². The Balaban J connectivity index is 1.59. The van der Waals surface area contributed by atoms with E-state index in [0.717, 1.165) is 49.3 Å². The number of aryl methyl sites for hydroxylation is 1. The van der Waals surface area contributed by atoms with Crippen molar-refractivity contribution in [2.45, 2.75) is 68.6 Å². The van der Waals surface area contributed by atoms with Gasteiger partial charge in [-0.1, -0.05) is 19.1 Å². The molecule has 2 aromatic rings. The molecule has 2 aliphatic rings. The zero-order valence-electron chi connectivity index (χ0n) is 17.8. The van der Waals surface area contributed by atoms with Gasteiger partial charge in [0.25, 0.3) is 10.0 Å². The molecule has 0 spiro atoms. The minimum Gasteiger partial charge on any atom is -0.385 e. The van der Waals surface area contributed by atoms with Gasteiger partial charge in [-0.25, -0.2) is 22.3 Å². The first-order chi connectivity index (χ1) is 14.5. The normalized spacial score (nSPS) is 17.3. The first-order valence-corrected chi connectivity index (χ1v) is 12.8. The summed E-state index contributed by atoms with van der Waals surface area (Å²) in [6.45, 7) is 5.01. The van der Waals surface area contributed by atoms with Crippen LogP contribution in [-0.2, 0) is 28.5 Å². The SMILES string of the molecule is C[C@@H](c1ccc2c(c1NC(=O)NS(=O)(=O)c1sc(C(C)(C)O)cc1F)CCC2)C1CC1. The van der Waals surface area contributed by atoms with E-state index in [1.165, 1.54) is 19.4 Å². The van der Waals surface area contributed by atoms with Crippen molar-refractivity contribution in [1.82, 2.24) is 4.72 Å². The lowest BCUT2D eigenvalue weighted by molar-refractivity contribution is 0.0823. The van der Waals surface area contributed by atoms with Crippen LogP contribution in [0.3, 0.4) is 0 Å². The number of hydrogen-bond acceptors (Lipinski definition) is 5. The highest BCUT2D eigenvalue weighted by atomic mass is 32.2. The van der Waals surface area contributed by atoms with Crippen LogP contribution in [0.4, 0.5) is 14.9 Å². The van der Waals surface area contributed by atoms with Crippen LogP contribution in [0, 0.1) is 11.7 Å². The second-order valence-electron chi connectivity index (χ2n) is 9.01. The van der Waals surface area contributed by atoms with Gasteiger partial charge in [-0.15, -0.1) is 11.3 Å². The smallest absolute Gasteiger partial charge is 0.333 e. The van der Waals surface area contributed by atoms with Crippen LogP contribution in [0.15, 0.2) is 22.4 Å². The summed E-state index contributed by atoms with van der Waals surface area (Å²) < 4.78 is 41.0. The summed E-state index contributed by atoms with van der Waals surface area (Å²) in [7, 11) is -4.43. The lowest BCUT2D eigenvalue weighted by atomic mass is 9.91. The standard InChI is InChI=1S/C22H27FN2O4S2/c1-12(13-7-8-13)15-10-9-14-5-4-6-16(14)19(15)24-21(26)25-31(28,29)20-17(23)11-18(30-20)22(2,3)27/h9-13,27H,4-8H2,1-3H3,(H2,24,25,26)/t12-/m1/s1. The Morgan fingerprint density at radius 3 is 2.61 bits per heavy atom. The molecule has 2 amide bonds. The van der Waals surface area contributed by atoms with Gasteiger partial charge in [0.1, 0.15) is 0 Å². The molecule has 0 unspecified atom stereocenters. The number of hydrogen-bond donors (Lipinski definition) is 3. The van der Waals surface area contributed by atoms with Crippen molar-refractivity contribution in [2.75, 3.05) is 5.32 Å².